The van der Waals surface area contributed by atoms with Crippen molar-refractivity contribution in [1.82, 2.24) is 0 Å². The predicted octanol–water partition coefficient (Wildman–Crippen LogP) is 11.9. The van der Waals surface area contributed by atoms with Crippen LogP contribution >= 0.6 is 0 Å². The molecule has 0 fully saturated rings. The second-order valence-corrected chi connectivity index (χ2v) is 12.8. The number of para-hydroxylation sites is 4. The zero-order chi connectivity index (χ0) is 30.3. The lowest BCUT2D eigenvalue weighted by Gasteiger charge is -2.42. The number of nitrogens with zero attached hydrogens (tertiary/aromatic N) is 2. The SMILES string of the molecule is C=C1c2ccccc2N(c2ccc3cc4cc(N5c6ccccc6C(C)(C)c6ccccc65)ccc4cc3c2)c2ccccc21. The first-order chi connectivity index (χ1) is 22.0. The van der Waals surface area contributed by atoms with E-state index < -0.39 is 0 Å². The number of benzene rings is 7. The van der Waals surface area contributed by atoms with E-state index in [1.165, 1.54) is 60.9 Å². The van der Waals surface area contributed by atoms with Gasteiger partial charge in [0.25, 0.3) is 0 Å². The average Bonchev–Trinajstić information content (AvgIpc) is 3.08. The van der Waals surface area contributed by atoms with Gasteiger partial charge in [0, 0.05) is 27.9 Å². The highest BCUT2D eigenvalue weighted by atomic mass is 15.2. The van der Waals surface area contributed by atoms with E-state index in [9.17, 15) is 0 Å². The molecule has 7 aromatic carbocycles. The normalized spacial score (nSPS) is 14.6. The molecule has 0 aromatic heterocycles. The third-order valence-electron chi connectivity index (χ3n) is 9.86. The van der Waals surface area contributed by atoms with E-state index >= 15 is 0 Å². The zero-order valence-corrected chi connectivity index (χ0v) is 25.5. The van der Waals surface area contributed by atoms with E-state index in [0.717, 1.165) is 22.6 Å². The number of rotatable bonds is 2. The van der Waals surface area contributed by atoms with Crippen molar-refractivity contribution in [2.75, 3.05) is 9.80 Å². The van der Waals surface area contributed by atoms with Gasteiger partial charge in [-0.3, -0.25) is 0 Å². The Morgan fingerprint density at radius 3 is 1.31 bits per heavy atom. The van der Waals surface area contributed by atoms with Gasteiger partial charge in [-0.15, -0.1) is 0 Å². The standard InChI is InChI=1S/C43H32N2/c1-28-35-12-4-8-16-39(35)44(40-17-9-5-13-36(28)40)33-22-20-29-25-32-27-34(23-21-30(32)24-31(29)26-33)45-41-18-10-6-14-37(41)43(2,3)38-15-7-11-19-42(38)45/h4-27H,1H2,2-3H3. The van der Waals surface area contributed by atoms with Crippen LogP contribution in [-0.2, 0) is 5.41 Å². The topological polar surface area (TPSA) is 6.48 Å². The maximum Gasteiger partial charge on any atom is 0.0540 e. The molecular formula is C43H32N2. The largest absolute Gasteiger partial charge is 0.310 e. The molecule has 0 aliphatic carbocycles. The lowest BCUT2D eigenvalue weighted by atomic mass is 9.73. The Hall–Kier alpha value is -5.60. The molecule has 45 heavy (non-hydrogen) atoms. The molecule has 7 aromatic rings. The van der Waals surface area contributed by atoms with Gasteiger partial charge in [0.1, 0.15) is 0 Å². The van der Waals surface area contributed by atoms with Crippen LogP contribution in [0.3, 0.4) is 0 Å². The Morgan fingerprint density at radius 2 is 0.822 bits per heavy atom. The number of hydrogen-bond donors (Lipinski definition) is 0. The summed E-state index contributed by atoms with van der Waals surface area (Å²) < 4.78 is 0. The van der Waals surface area contributed by atoms with E-state index in [4.69, 9.17) is 0 Å². The van der Waals surface area contributed by atoms with Gasteiger partial charge in [-0.05, 0) is 98.9 Å². The van der Waals surface area contributed by atoms with Crippen molar-refractivity contribution in [2.24, 2.45) is 0 Å². The molecule has 0 saturated carbocycles. The molecular weight excluding hydrogens is 544 g/mol. The quantitative estimate of drug-likeness (QED) is 0.189. The van der Waals surface area contributed by atoms with Crippen LogP contribution < -0.4 is 9.80 Å². The van der Waals surface area contributed by atoms with Crippen LogP contribution in [0, 0.1) is 0 Å². The van der Waals surface area contributed by atoms with Gasteiger partial charge >= 0.3 is 0 Å². The van der Waals surface area contributed by atoms with Gasteiger partial charge < -0.3 is 9.80 Å². The molecule has 9 rings (SSSR count). The molecule has 2 aliphatic rings. The van der Waals surface area contributed by atoms with Gasteiger partial charge in [0.2, 0.25) is 0 Å². The summed E-state index contributed by atoms with van der Waals surface area (Å²) in [7, 11) is 0. The molecule has 2 heteroatoms. The minimum atomic E-state index is -0.0724. The molecule has 0 amide bonds. The maximum atomic E-state index is 4.45. The van der Waals surface area contributed by atoms with Crippen molar-refractivity contribution in [3.8, 4) is 0 Å². The second kappa shape index (κ2) is 9.45. The summed E-state index contributed by atoms with van der Waals surface area (Å²) >= 11 is 0. The van der Waals surface area contributed by atoms with Crippen LogP contribution in [0.5, 0.6) is 0 Å². The highest BCUT2D eigenvalue weighted by Crippen LogP contribution is 2.52. The van der Waals surface area contributed by atoms with E-state index in [2.05, 4.69) is 176 Å². The summed E-state index contributed by atoms with van der Waals surface area (Å²) in [6.45, 7) is 9.12. The van der Waals surface area contributed by atoms with Crippen molar-refractivity contribution in [1.29, 1.82) is 0 Å². The molecule has 2 nitrogen and oxygen atoms in total. The zero-order valence-electron chi connectivity index (χ0n) is 25.5. The van der Waals surface area contributed by atoms with Gasteiger partial charge in [-0.1, -0.05) is 105 Å². The highest BCUT2D eigenvalue weighted by Gasteiger charge is 2.36. The summed E-state index contributed by atoms with van der Waals surface area (Å²) in [5, 5.41) is 4.92. The lowest BCUT2D eigenvalue weighted by molar-refractivity contribution is 0.632. The van der Waals surface area contributed by atoms with Crippen LogP contribution in [0.25, 0.3) is 27.1 Å². The monoisotopic (exact) mass is 576 g/mol. The molecule has 2 heterocycles. The predicted molar refractivity (Wildman–Crippen MR) is 191 cm³/mol. The molecule has 0 N–H and O–H groups in total. The first-order valence-corrected chi connectivity index (χ1v) is 15.6. The van der Waals surface area contributed by atoms with Crippen molar-refractivity contribution >= 4 is 61.2 Å². The van der Waals surface area contributed by atoms with E-state index in [1.54, 1.807) is 0 Å². The molecule has 0 saturated heterocycles. The van der Waals surface area contributed by atoms with E-state index in [-0.39, 0.29) is 5.41 Å². The first kappa shape index (κ1) is 25.9. The molecule has 0 atom stereocenters. The summed E-state index contributed by atoms with van der Waals surface area (Å²) in [6.07, 6.45) is 0. The summed E-state index contributed by atoms with van der Waals surface area (Å²) in [4.78, 5) is 4.81. The second-order valence-electron chi connectivity index (χ2n) is 12.8. The lowest BCUT2D eigenvalue weighted by Crippen LogP contribution is -2.30. The molecule has 2 aliphatic heterocycles. The third kappa shape index (κ3) is 3.76. The van der Waals surface area contributed by atoms with Crippen molar-refractivity contribution in [3.63, 3.8) is 0 Å². The Morgan fingerprint density at radius 1 is 0.422 bits per heavy atom. The summed E-state index contributed by atoms with van der Waals surface area (Å²) in [6, 6.07) is 53.2. The maximum absolute atomic E-state index is 4.45. The van der Waals surface area contributed by atoms with Gasteiger partial charge in [0.15, 0.2) is 0 Å². The van der Waals surface area contributed by atoms with Gasteiger partial charge in [-0.2, -0.15) is 0 Å². The summed E-state index contributed by atoms with van der Waals surface area (Å²) in [5.74, 6) is 0. The fourth-order valence-electron chi connectivity index (χ4n) is 7.60. The smallest absolute Gasteiger partial charge is 0.0540 e. The average molecular weight is 577 g/mol. The fourth-order valence-corrected chi connectivity index (χ4v) is 7.60. The highest BCUT2D eigenvalue weighted by molar-refractivity contribution is 6.04. The van der Waals surface area contributed by atoms with Crippen LogP contribution in [0.4, 0.5) is 34.1 Å². The Bertz CT molecular complexity index is 2240. The van der Waals surface area contributed by atoms with Crippen LogP contribution in [-0.4, -0.2) is 0 Å². The Kier molecular flexibility index (Phi) is 5.43. The van der Waals surface area contributed by atoms with Crippen LogP contribution in [0.15, 0.2) is 152 Å². The van der Waals surface area contributed by atoms with Crippen molar-refractivity contribution < 1.29 is 0 Å². The summed E-state index contributed by atoms with van der Waals surface area (Å²) in [5.41, 5.74) is 13.2. The minimum absolute atomic E-state index is 0.0724. The van der Waals surface area contributed by atoms with Gasteiger partial charge in [0.05, 0.1) is 22.7 Å². The number of anilines is 6. The Balaban J connectivity index is 1.18. The van der Waals surface area contributed by atoms with Crippen molar-refractivity contribution in [3.05, 3.63) is 174 Å². The number of hydrogen-bond acceptors (Lipinski definition) is 2. The van der Waals surface area contributed by atoms with Crippen LogP contribution in [0.2, 0.25) is 0 Å². The molecule has 0 spiro atoms. The van der Waals surface area contributed by atoms with Crippen LogP contribution in [0.1, 0.15) is 36.1 Å². The molecule has 0 unspecified atom stereocenters. The van der Waals surface area contributed by atoms with E-state index in [1.807, 2.05) is 0 Å². The van der Waals surface area contributed by atoms with Crippen molar-refractivity contribution in [2.45, 2.75) is 19.3 Å². The van der Waals surface area contributed by atoms with E-state index in [0.29, 0.717) is 0 Å². The fraction of sp³-hybridized carbons (Fsp3) is 0.0698. The van der Waals surface area contributed by atoms with Gasteiger partial charge in [-0.25, -0.2) is 0 Å². The first-order valence-electron chi connectivity index (χ1n) is 15.6. The number of fused-ring (bicyclic) bond motifs is 6. The Labute approximate surface area is 264 Å². The minimum Gasteiger partial charge on any atom is -0.310 e. The molecule has 214 valence electrons. The third-order valence-corrected chi connectivity index (χ3v) is 9.86. The molecule has 0 bridgehead atoms. The molecule has 0 radical (unpaired) electrons.